The molecule has 1 aliphatic carbocycles. The highest BCUT2D eigenvalue weighted by Gasteiger charge is 2.24. The third-order valence-corrected chi connectivity index (χ3v) is 3.85. The minimum Gasteiger partial charge on any atom is -0.480 e. The van der Waals surface area contributed by atoms with E-state index in [1.807, 2.05) is 24.7 Å². The van der Waals surface area contributed by atoms with Gasteiger partial charge in [0.05, 0.1) is 6.04 Å². The van der Waals surface area contributed by atoms with E-state index in [2.05, 4.69) is 10.4 Å². The van der Waals surface area contributed by atoms with Crippen molar-refractivity contribution in [1.29, 1.82) is 0 Å². The van der Waals surface area contributed by atoms with Crippen molar-refractivity contribution in [3.63, 3.8) is 0 Å². The number of nitrogens with zero attached hydrogens (tertiary/aromatic N) is 2. The number of hydrogen-bond acceptors (Lipinski definition) is 3. The van der Waals surface area contributed by atoms with Crippen molar-refractivity contribution in [1.82, 2.24) is 15.1 Å². The Balaban J connectivity index is 2.00. The van der Waals surface area contributed by atoms with Crippen molar-refractivity contribution in [2.24, 2.45) is 5.92 Å². The second-order valence-electron chi connectivity index (χ2n) is 6.11. The third kappa shape index (κ3) is 4.06. The van der Waals surface area contributed by atoms with E-state index < -0.39 is 17.9 Å². The molecule has 1 aliphatic rings. The molecule has 0 aromatic carbocycles. The van der Waals surface area contributed by atoms with E-state index in [0.29, 0.717) is 12.5 Å². The van der Waals surface area contributed by atoms with Crippen LogP contribution in [-0.2, 0) is 4.79 Å². The first kappa shape index (κ1) is 15.5. The van der Waals surface area contributed by atoms with E-state index in [-0.39, 0.29) is 11.6 Å². The standard InChI is InChI=1S/C15H23N3O3/c1-10(2)9-13(15(20)21)16-14(19)12-7-8-18(17-12)11-5-3-4-6-11/h7-8,10-11,13H,3-6,9H2,1-2H3,(H,16,19)(H,20,21)/t13-/m0/s1. The predicted octanol–water partition coefficient (Wildman–Crippen LogP) is 2.23. The zero-order valence-corrected chi connectivity index (χ0v) is 12.6. The molecule has 1 amide bonds. The Labute approximate surface area is 124 Å². The largest absolute Gasteiger partial charge is 0.480 e. The Morgan fingerprint density at radius 3 is 2.67 bits per heavy atom. The monoisotopic (exact) mass is 293 g/mol. The average Bonchev–Trinajstić information content (AvgIpc) is 3.08. The number of rotatable bonds is 6. The normalized spacial score (nSPS) is 17.1. The molecule has 1 fully saturated rings. The van der Waals surface area contributed by atoms with E-state index in [1.54, 1.807) is 6.07 Å². The fraction of sp³-hybridized carbons (Fsp3) is 0.667. The lowest BCUT2D eigenvalue weighted by molar-refractivity contribution is -0.139. The Hall–Kier alpha value is -1.85. The predicted molar refractivity (Wildman–Crippen MR) is 78.1 cm³/mol. The molecule has 0 radical (unpaired) electrons. The maximum absolute atomic E-state index is 12.1. The van der Waals surface area contributed by atoms with Crippen LogP contribution in [0.5, 0.6) is 0 Å². The van der Waals surface area contributed by atoms with Crippen molar-refractivity contribution in [2.75, 3.05) is 0 Å². The Morgan fingerprint density at radius 1 is 1.43 bits per heavy atom. The number of carbonyl (C=O) groups is 2. The highest BCUT2D eigenvalue weighted by molar-refractivity contribution is 5.94. The maximum Gasteiger partial charge on any atom is 0.326 e. The summed E-state index contributed by atoms with van der Waals surface area (Å²) in [5, 5.41) is 16.0. The number of amides is 1. The summed E-state index contributed by atoms with van der Waals surface area (Å²) in [7, 11) is 0. The van der Waals surface area contributed by atoms with Gasteiger partial charge in [0, 0.05) is 6.20 Å². The summed E-state index contributed by atoms with van der Waals surface area (Å²) in [5.41, 5.74) is 0.289. The van der Waals surface area contributed by atoms with Gasteiger partial charge >= 0.3 is 5.97 Å². The molecule has 0 saturated heterocycles. The molecular formula is C15H23N3O3. The first-order chi connectivity index (χ1) is 9.97. The lowest BCUT2D eigenvalue weighted by Crippen LogP contribution is -2.41. The minimum absolute atomic E-state index is 0.197. The van der Waals surface area contributed by atoms with Gasteiger partial charge in [0.2, 0.25) is 0 Å². The van der Waals surface area contributed by atoms with Crippen molar-refractivity contribution < 1.29 is 14.7 Å². The molecule has 0 spiro atoms. The van der Waals surface area contributed by atoms with Gasteiger partial charge in [0.25, 0.3) is 5.91 Å². The molecule has 1 saturated carbocycles. The molecule has 1 aromatic rings. The van der Waals surface area contributed by atoms with Gasteiger partial charge in [0.15, 0.2) is 0 Å². The lowest BCUT2D eigenvalue weighted by Gasteiger charge is -2.15. The smallest absolute Gasteiger partial charge is 0.326 e. The Morgan fingerprint density at radius 2 is 2.10 bits per heavy atom. The van der Waals surface area contributed by atoms with E-state index in [1.165, 1.54) is 12.8 Å². The Bertz CT molecular complexity index is 504. The summed E-state index contributed by atoms with van der Waals surface area (Å²) in [4.78, 5) is 23.3. The molecule has 116 valence electrons. The van der Waals surface area contributed by atoms with E-state index in [9.17, 15) is 9.59 Å². The molecule has 0 bridgehead atoms. The number of carbonyl (C=O) groups excluding carboxylic acids is 1. The lowest BCUT2D eigenvalue weighted by atomic mass is 10.0. The van der Waals surface area contributed by atoms with Crippen LogP contribution in [0.2, 0.25) is 0 Å². The summed E-state index contributed by atoms with van der Waals surface area (Å²) < 4.78 is 1.83. The summed E-state index contributed by atoms with van der Waals surface area (Å²) in [6.45, 7) is 3.85. The molecule has 1 atom stereocenters. The fourth-order valence-corrected chi connectivity index (χ4v) is 2.76. The highest BCUT2D eigenvalue weighted by Crippen LogP contribution is 2.28. The van der Waals surface area contributed by atoms with E-state index >= 15 is 0 Å². The second kappa shape index (κ2) is 6.74. The SMILES string of the molecule is CC(C)C[C@H](NC(=O)c1ccn(C2CCCC2)n1)C(=O)O. The highest BCUT2D eigenvalue weighted by atomic mass is 16.4. The van der Waals surface area contributed by atoms with Crippen LogP contribution >= 0.6 is 0 Å². The molecule has 2 rings (SSSR count). The van der Waals surface area contributed by atoms with E-state index in [0.717, 1.165) is 12.8 Å². The van der Waals surface area contributed by atoms with Gasteiger partial charge in [0.1, 0.15) is 11.7 Å². The number of carboxylic acids is 1. The summed E-state index contributed by atoms with van der Waals surface area (Å²) in [5.74, 6) is -1.23. The quantitative estimate of drug-likeness (QED) is 0.842. The van der Waals surface area contributed by atoms with Crippen LogP contribution in [0.1, 0.15) is 62.5 Å². The van der Waals surface area contributed by atoms with Gasteiger partial charge in [-0.15, -0.1) is 0 Å². The molecule has 1 heterocycles. The van der Waals surface area contributed by atoms with Gasteiger partial charge in [-0.3, -0.25) is 9.48 Å². The molecule has 2 N–H and O–H groups in total. The first-order valence-electron chi connectivity index (χ1n) is 7.56. The number of aromatic nitrogens is 2. The van der Waals surface area contributed by atoms with Crippen molar-refractivity contribution >= 4 is 11.9 Å². The van der Waals surface area contributed by atoms with Crippen molar-refractivity contribution in [2.45, 2.75) is 58.0 Å². The molecule has 0 aliphatic heterocycles. The van der Waals surface area contributed by atoms with Crippen LogP contribution in [0.15, 0.2) is 12.3 Å². The van der Waals surface area contributed by atoms with Gasteiger partial charge < -0.3 is 10.4 Å². The van der Waals surface area contributed by atoms with Crippen LogP contribution in [0.4, 0.5) is 0 Å². The molecule has 6 nitrogen and oxygen atoms in total. The molecule has 0 unspecified atom stereocenters. The third-order valence-electron chi connectivity index (χ3n) is 3.85. The number of aliphatic carboxylic acids is 1. The fourth-order valence-electron chi connectivity index (χ4n) is 2.76. The van der Waals surface area contributed by atoms with Crippen LogP contribution in [0.25, 0.3) is 0 Å². The van der Waals surface area contributed by atoms with Crippen molar-refractivity contribution in [3.05, 3.63) is 18.0 Å². The minimum atomic E-state index is -1.01. The summed E-state index contributed by atoms with van der Waals surface area (Å²) >= 11 is 0. The van der Waals surface area contributed by atoms with Crippen LogP contribution in [0, 0.1) is 5.92 Å². The summed E-state index contributed by atoms with van der Waals surface area (Å²) in [6, 6.07) is 1.16. The van der Waals surface area contributed by atoms with Gasteiger partial charge in [-0.05, 0) is 31.2 Å². The number of carboxylic acid groups (broad SMARTS) is 1. The molecule has 21 heavy (non-hydrogen) atoms. The van der Waals surface area contributed by atoms with E-state index in [4.69, 9.17) is 5.11 Å². The first-order valence-corrected chi connectivity index (χ1v) is 7.56. The van der Waals surface area contributed by atoms with Gasteiger partial charge in [-0.25, -0.2) is 4.79 Å². The van der Waals surface area contributed by atoms with Gasteiger partial charge in [-0.1, -0.05) is 26.7 Å². The van der Waals surface area contributed by atoms with Crippen LogP contribution < -0.4 is 5.32 Å². The maximum atomic E-state index is 12.1. The number of hydrogen-bond donors (Lipinski definition) is 2. The van der Waals surface area contributed by atoms with Gasteiger partial charge in [-0.2, -0.15) is 5.10 Å². The molecular weight excluding hydrogens is 270 g/mol. The van der Waals surface area contributed by atoms with Crippen molar-refractivity contribution in [3.8, 4) is 0 Å². The molecule has 6 heteroatoms. The molecule has 1 aromatic heterocycles. The topological polar surface area (TPSA) is 84.2 Å². The van der Waals surface area contributed by atoms with Crippen LogP contribution in [0.3, 0.4) is 0 Å². The Kier molecular flexibility index (Phi) is 4.98. The van der Waals surface area contributed by atoms with Crippen LogP contribution in [-0.4, -0.2) is 32.8 Å². The second-order valence-corrected chi connectivity index (χ2v) is 6.11. The zero-order valence-electron chi connectivity index (χ0n) is 12.6. The zero-order chi connectivity index (χ0) is 15.4. The summed E-state index contributed by atoms with van der Waals surface area (Å²) in [6.07, 6.45) is 6.79. The number of nitrogens with one attached hydrogen (secondary N) is 1. The average molecular weight is 293 g/mol.